The van der Waals surface area contributed by atoms with E-state index in [9.17, 15) is 23.1 Å². The number of hydrogen-bond acceptors (Lipinski definition) is 5. The van der Waals surface area contributed by atoms with Gasteiger partial charge in [0.25, 0.3) is 0 Å². The fourth-order valence-electron chi connectivity index (χ4n) is 2.23. The van der Waals surface area contributed by atoms with Crippen molar-refractivity contribution in [2.24, 2.45) is 0 Å². The molecule has 0 saturated heterocycles. The normalized spacial score (nSPS) is 11.6. The SMILES string of the molecule is CCCCOc1cc(C(F)(F)F)c2nc(C(=O)OCC)cc(O)c2c1. The van der Waals surface area contributed by atoms with Crippen LogP contribution in [-0.2, 0) is 10.9 Å². The summed E-state index contributed by atoms with van der Waals surface area (Å²) in [4.78, 5) is 15.5. The number of ether oxygens (including phenoxy) is 2. The Balaban J connectivity index is 2.61. The Morgan fingerprint density at radius 3 is 2.56 bits per heavy atom. The van der Waals surface area contributed by atoms with E-state index in [-0.39, 0.29) is 24.3 Å². The van der Waals surface area contributed by atoms with Crippen molar-refractivity contribution in [2.45, 2.75) is 32.9 Å². The highest BCUT2D eigenvalue weighted by Gasteiger charge is 2.35. The molecule has 0 saturated carbocycles. The summed E-state index contributed by atoms with van der Waals surface area (Å²) in [6.07, 6.45) is -3.21. The van der Waals surface area contributed by atoms with Crippen LogP contribution in [0.25, 0.3) is 10.9 Å². The van der Waals surface area contributed by atoms with Gasteiger partial charge in [0, 0.05) is 11.5 Å². The van der Waals surface area contributed by atoms with Crippen molar-refractivity contribution in [3.05, 3.63) is 29.5 Å². The summed E-state index contributed by atoms with van der Waals surface area (Å²) in [5, 5.41) is 9.94. The topological polar surface area (TPSA) is 68.7 Å². The predicted octanol–water partition coefficient (Wildman–Crippen LogP) is 4.31. The lowest BCUT2D eigenvalue weighted by atomic mass is 10.1. The Morgan fingerprint density at radius 2 is 1.96 bits per heavy atom. The van der Waals surface area contributed by atoms with Gasteiger partial charge in [-0.2, -0.15) is 13.2 Å². The van der Waals surface area contributed by atoms with Gasteiger partial charge < -0.3 is 14.6 Å². The molecule has 0 aliphatic rings. The lowest BCUT2D eigenvalue weighted by Gasteiger charge is -2.14. The Bertz CT molecular complexity index is 775. The molecule has 0 atom stereocenters. The third-order valence-corrected chi connectivity index (χ3v) is 3.42. The summed E-state index contributed by atoms with van der Waals surface area (Å²) in [7, 11) is 0. The number of alkyl halides is 3. The molecule has 0 aliphatic carbocycles. The molecule has 1 aromatic carbocycles. The molecule has 25 heavy (non-hydrogen) atoms. The number of esters is 1. The average Bonchev–Trinajstić information content (AvgIpc) is 2.54. The number of pyridine rings is 1. The third kappa shape index (κ3) is 4.32. The fourth-order valence-corrected chi connectivity index (χ4v) is 2.23. The molecule has 136 valence electrons. The predicted molar refractivity (Wildman–Crippen MR) is 84.8 cm³/mol. The standard InChI is InChI=1S/C17H18F3NO4/c1-3-5-6-25-10-7-11-14(22)9-13(16(23)24-4-2)21-15(11)12(8-10)17(18,19)20/h7-9H,3-6H2,1-2H3,(H,21,22). The van der Waals surface area contributed by atoms with Crippen molar-refractivity contribution in [3.63, 3.8) is 0 Å². The van der Waals surface area contributed by atoms with Crippen molar-refractivity contribution >= 4 is 16.9 Å². The number of aromatic nitrogens is 1. The van der Waals surface area contributed by atoms with Gasteiger partial charge in [0.15, 0.2) is 5.69 Å². The molecule has 0 bridgehead atoms. The molecule has 0 fully saturated rings. The van der Waals surface area contributed by atoms with E-state index in [1.54, 1.807) is 6.92 Å². The van der Waals surface area contributed by atoms with Gasteiger partial charge >= 0.3 is 12.1 Å². The highest BCUT2D eigenvalue weighted by atomic mass is 19.4. The van der Waals surface area contributed by atoms with Gasteiger partial charge in [0.2, 0.25) is 0 Å². The minimum Gasteiger partial charge on any atom is -0.507 e. The van der Waals surface area contributed by atoms with Gasteiger partial charge in [-0.3, -0.25) is 0 Å². The lowest BCUT2D eigenvalue weighted by molar-refractivity contribution is -0.136. The molecule has 2 rings (SSSR count). The first kappa shape index (κ1) is 18.8. The summed E-state index contributed by atoms with van der Waals surface area (Å²) in [5.74, 6) is -1.43. The third-order valence-electron chi connectivity index (χ3n) is 3.42. The van der Waals surface area contributed by atoms with Gasteiger partial charge in [-0.25, -0.2) is 9.78 Å². The minimum atomic E-state index is -4.73. The van der Waals surface area contributed by atoms with Gasteiger partial charge in [0.1, 0.15) is 11.5 Å². The number of fused-ring (bicyclic) bond motifs is 1. The largest absolute Gasteiger partial charge is 0.507 e. The summed E-state index contributed by atoms with van der Waals surface area (Å²) < 4.78 is 50.3. The monoisotopic (exact) mass is 357 g/mol. The molecule has 1 N–H and O–H groups in total. The summed E-state index contributed by atoms with van der Waals surface area (Å²) in [5.41, 5.74) is -2.01. The molecular weight excluding hydrogens is 339 g/mol. The maximum atomic E-state index is 13.4. The summed E-state index contributed by atoms with van der Waals surface area (Å²) >= 11 is 0. The van der Waals surface area contributed by atoms with Crippen LogP contribution in [0, 0.1) is 0 Å². The maximum Gasteiger partial charge on any atom is 0.418 e. The van der Waals surface area contributed by atoms with Gasteiger partial charge in [0.05, 0.1) is 24.3 Å². The Labute approximate surface area is 142 Å². The van der Waals surface area contributed by atoms with Crippen LogP contribution in [0.5, 0.6) is 11.5 Å². The molecule has 0 amide bonds. The second-order valence-electron chi connectivity index (χ2n) is 5.31. The molecule has 5 nitrogen and oxygen atoms in total. The second kappa shape index (κ2) is 7.58. The highest BCUT2D eigenvalue weighted by molar-refractivity contribution is 5.95. The number of rotatable bonds is 6. The lowest BCUT2D eigenvalue weighted by Crippen LogP contribution is -2.11. The molecule has 2 aromatic rings. The van der Waals surface area contributed by atoms with Gasteiger partial charge in [-0.05, 0) is 25.5 Å². The van der Waals surface area contributed by atoms with Crippen LogP contribution < -0.4 is 4.74 Å². The molecule has 0 unspecified atom stereocenters. The van der Waals surface area contributed by atoms with Crippen LogP contribution in [0.4, 0.5) is 13.2 Å². The summed E-state index contributed by atoms with van der Waals surface area (Å²) in [6, 6.07) is 3.08. The number of unbranched alkanes of at least 4 members (excludes halogenated alkanes) is 1. The Hall–Kier alpha value is -2.51. The van der Waals surface area contributed by atoms with Crippen LogP contribution in [0.3, 0.4) is 0 Å². The van der Waals surface area contributed by atoms with Crippen molar-refractivity contribution in [1.82, 2.24) is 4.98 Å². The first-order valence-electron chi connectivity index (χ1n) is 7.82. The first-order chi connectivity index (χ1) is 11.8. The summed E-state index contributed by atoms with van der Waals surface area (Å²) in [6.45, 7) is 3.78. The Kier molecular flexibility index (Phi) is 5.71. The van der Waals surface area contributed by atoms with E-state index in [1.807, 2.05) is 6.92 Å². The number of carbonyl (C=O) groups is 1. The maximum absolute atomic E-state index is 13.4. The molecule has 1 heterocycles. The van der Waals surface area contributed by atoms with Crippen LogP contribution in [-0.4, -0.2) is 29.3 Å². The fraction of sp³-hybridized carbons (Fsp3) is 0.412. The molecular formula is C17H18F3NO4. The van der Waals surface area contributed by atoms with E-state index in [0.717, 1.165) is 18.6 Å². The van der Waals surface area contributed by atoms with Crippen LogP contribution >= 0.6 is 0 Å². The smallest absolute Gasteiger partial charge is 0.418 e. The number of halogens is 3. The zero-order chi connectivity index (χ0) is 18.6. The van der Waals surface area contributed by atoms with E-state index in [4.69, 9.17) is 9.47 Å². The van der Waals surface area contributed by atoms with Crippen molar-refractivity contribution in [1.29, 1.82) is 0 Å². The van der Waals surface area contributed by atoms with E-state index in [2.05, 4.69) is 4.98 Å². The zero-order valence-corrected chi connectivity index (χ0v) is 13.8. The van der Waals surface area contributed by atoms with Gasteiger partial charge in [-0.15, -0.1) is 0 Å². The van der Waals surface area contributed by atoms with Crippen molar-refractivity contribution in [2.75, 3.05) is 13.2 Å². The van der Waals surface area contributed by atoms with Crippen molar-refractivity contribution in [3.8, 4) is 11.5 Å². The van der Waals surface area contributed by atoms with E-state index in [0.29, 0.717) is 6.42 Å². The van der Waals surface area contributed by atoms with Crippen LogP contribution in [0.15, 0.2) is 18.2 Å². The van der Waals surface area contributed by atoms with E-state index in [1.165, 1.54) is 6.07 Å². The molecule has 0 radical (unpaired) electrons. The van der Waals surface area contributed by atoms with E-state index >= 15 is 0 Å². The zero-order valence-electron chi connectivity index (χ0n) is 13.8. The van der Waals surface area contributed by atoms with Gasteiger partial charge in [-0.1, -0.05) is 13.3 Å². The number of nitrogens with zero attached hydrogens (tertiary/aromatic N) is 1. The number of aromatic hydroxyl groups is 1. The van der Waals surface area contributed by atoms with Crippen LogP contribution in [0.2, 0.25) is 0 Å². The average molecular weight is 357 g/mol. The first-order valence-corrected chi connectivity index (χ1v) is 7.82. The highest BCUT2D eigenvalue weighted by Crippen LogP contribution is 2.39. The number of carbonyl (C=O) groups excluding carboxylic acids is 1. The molecule has 1 aromatic heterocycles. The van der Waals surface area contributed by atoms with Crippen LogP contribution in [0.1, 0.15) is 42.7 Å². The Morgan fingerprint density at radius 1 is 1.24 bits per heavy atom. The second-order valence-corrected chi connectivity index (χ2v) is 5.31. The number of benzene rings is 1. The minimum absolute atomic E-state index is 0.0192. The number of hydrogen-bond donors (Lipinski definition) is 1. The molecule has 0 aliphatic heterocycles. The van der Waals surface area contributed by atoms with Crippen molar-refractivity contribution < 1.29 is 32.5 Å². The molecule has 0 spiro atoms. The van der Waals surface area contributed by atoms with E-state index < -0.39 is 34.7 Å². The quantitative estimate of drug-likeness (QED) is 0.616. The molecule has 8 heteroatoms.